The van der Waals surface area contributed by atoms with E-state index in [-0.39, 0.29) is 6.03 Å². The number of nitrogens with one attached hydrogen (secondary N) is 1. The first-order chi connectivity index (χ1) is 11.2. The van der Waals surface area contributed by atoms with Gasteiger partial charge >= 0.3 is 6.03 Å². The maximum Gasteiger partial charge on any atom is 0.321 e. The van der Waals surface area contributed by atoms with Crippen molar-refractivity contribution in [3.63, 3.8) is 0 Å². The lowest BCUT2D eigenvalue weighted by molar-refractivity contribution is 0.217. The van der Waals surface area contributed by atoms with Gasteiger partial charge in [0.25, 0.3) is 0 Å². The highest BCUT2D eigenvalue weighted by Crippen LogP contribution is 2.31. The van der Waals surface area contributed by atoms with Crippen molar-refractivity contribution in [2.24, 2.45) is 0 Å². The van der Waals surface area contributed by atoms with E-state index in [1.54, 1.807) is 4.90 Å². The normalized spacial score (nSPS) is 11.1. The van der Waals surface area contributed by atoms with Crippen LogP contribution in [0.25, 0.3) is 21.8 Å². The molecule has 0 unspecified atom stereocenters. The van der Waals surface area contributed by atoms with Crippen LogP contribution in [-0.4, -0.2) is 28.6 Å². The van der Waals surface area contributed by atoms with Gasteiger partial charge in [0.05, 0.1) is 0 Å². The highest BCUT2D eigenvalue weighted by molar-refractivity contribution is 6.09. The monoisotopic (exact) mass is 309 g/mol. The smallest absolute Gasteiger partial charge is 0.321 e. The molecule has 1 N–H and O–H groups in total. The van der Waals surface area contributed by atoms with E-state index >= 15 is 0 Å². The number of aromatic nitrogens is 1. The van der Waals surface area contributed by atoms with Crippen LogP contribution in [0.4, 0.5) is 10.5 Å². The first kappa shape index (κ1) is 15.4. The molecule has 3 aromatic rings. The molecule has 0 aliphatic rings. The fraction of sp³-hybridized carbons (Fsp3) is 0.316. The largest absolute Gasteiger partial charge is 0.341 e. The maximum absolute atomic E-state index is 12.2. The summed E-state index contributed by atoms with van der Waals surface area (Å²) in [6.45, 7) is 8.47. The predicted molar refractivity (Wildman–Crippen MR) is 97.1 cm³/mol. The third-order valence-electron chi connectivity index (χ3n) is 4.39. The van der Waals surface area contributed by atoms with Crippen molar-refractivity contribution in [3.05, 3.63) is 42.5 Å². The number of hydrogen-bond donors (Lipinski definition) is 1. The van der Waals surface area contributed by atoms with Gasteiger partial charge in [-0.25, -0.2) is 4.79 Å². The summed E-state index contributed by atoms with van der Waals surface area (Å²) >= 11 is 0. The predicted octanol–water partition coefficient (Wildman–Crippen LogP) is 4.69. The molecule has 1 aromatic heterocycles. The van der Waals surface area contributed by atoms with Crippen molar-refractivity contribution in [2.75, 3.05) is 18.4 Å². The minimum Gasteiger partial charge on any atom is -0.341 e. The van der Waals surface area contributed by atoms with Gasteiger partial charge in [-0.2, -0.15) is 0 Å². The molecule has 1 heterocycles. The number of urea groups is 1. The Bertz CT molecular complexity index is 846. The van der Waals surface area contributed by atoms with Crippen LogP contribution in [0.5, 0.6) is 0 Å². The molecule has 23 heavy (non-hydrogen) atoms. The standard InChI is InChI=1S/C19H23N3O/c1-4-21(5-2)19(23)20-14-11-12-18-16(13-14)15-9-7-8-10-17(15)22(18)6-3/h7-13H,4-6H2,1-3H3,(H,20,23). The summed E-state index contributed by atoms with van der Waals surface area (Å²) in [5.74, 6) is 0. The molecule has 0 saturated heterocycles. The second-order valence-electron chi connectivity index (χ2n) is 5.60. The first-order valence-corrected chi connectivity index (χ1v) is 8.26. The summed E-state index contributed by atoms with van der Waals surface area (Å²) < 4.78 is 2.31. The highest BCUT2D eigenvalue weighted by atomic mass is 16.2. The lowest BCUT2D eigenvalue weighted by Crippen LogP contribution is -2.34. The summed E-state index contributed by atoms with van der Waals surface area (Å²) in [5, 5.41) is 5.41. The first-order valence-electron chi connectivity index (χ1n) is 8.26. The number of rotatable bonds is 4. The average molecular weight is 309 g/mol. The molecule has 3 rings (SSSR count). The Hall–Kier alpha value is -2.49. The van der Waals surface area contributed by atoms with Gasteiger partial charge in [0, 0.05) is 47.1 Å². The van der Waals surface area contributed by atoms with Gasteiger partial charge in [0.1, 0.15) is 0 Å². The van der Waals surface area contributed by atoms with Crippen molar-refractivity contribution in [1.82, 2.24) is 9.47 Å². The molecule has 2 amide bonds. The Labute approximate surface area is 136 Å². The van der Waals surface area contributed by atoms with Gasteiger partial charge in [0.15, 0.2) is 0 Å². The van der Waals surface area contributed by atoms with E-state index in [1.807, 2.05) is 19.9 Å². The van der Waals surface area contributed by atoms with E-state index in [4.69, 9.17) is 0 Å². The Kier molecular flexibility index (Phi) is 4.24. The second kappa shape index (κ2) is 6.32. The Balaban J connectivity index is 2.05. The number of anilines is 1. The van der Waals surface area contributed by atoms with Crippen LogP contribution in [0.15, 0.2) is 42.5 Å². The van der Waals surface area contributed by atoms with Gasteiger partial charge in [-0.15, -0.1) is 0 Å². The minimum atomic E-state index is -0.0476. The Morgan fingerprint density at radius 1 is 1.00 bits per heavy atom. The number of benzene rings is 2. The second-order valence-corrected chi connectivity index (χ2v) is 5.60. The molecule has 4 heteroatoms. The van der Waals surface area contributed by atoms with E-state index in [2.05, 4.69) is 53.2 Å². The lowest BCUT2D eigenvalue weighted by atomic mass is 10.1. The van der Waals surface area contributed by atoms with E-state index in [9.17, 15) is 4.79 Å². The van der Waals surface area contributed by atoms with E-state index in [0.29, 0.717) is 13.1 Å². The molecule has 0 fully saturated rings. The molecule has 0 bridgehead atoms. The van der Waals surface area contributed by atoms with Crippen LogP contribution >= 0.6 is 0 Å². The van der Waals surface area contributed by atoms with Crippen molar-refractivity contribution in [2.45, 2.75) is 27.3 Å². The van der Waals surface area contributed by atoms with E-state index in [0.717, 1.165) is 12.2 Å². The number of para-hydroxylation sites is 1. The number of aryl methyl sites for hydroxylation is 1. The summed E-state index contributed by atoms with van der Waals surface area (Å²) in [6, 6.07) is 14.5. The zero-order valence-electron chi connectivity index (χ0n) is 14.0. The lowest BCUT2D eigenvalue weighted by Gasteiger charge is -2.19. The van der Waals surface area contributed by atoms with Gasteiger partial charge in [-0.3, -0.25) is 0 Å². The number of amides is 2. The van der Waals surface area contributed by atoms with Crippen LogP contribution in [0.2, 0.25) is 0 Å². The summed E-state index contributed by atoms with van der Waals surface area (Å²) in [6.07, 6.45) is 0. The average Bonchev–Trinajstić information content (AvgIpc) is 2.89. The number of carbonyl (C=O) groups is 1. The Morgan fingerprint density at radius 2 is 1.70 bits per heavy atom. The number of fused-ring (bicyclic) bond motifs is 3. The molecule has 0 atom stereocenters. The zero-order valence-corrected chi connectivity index (χ0v) is 14.0. The van der Waals surface area contributed by atoms with Crippen LogP contribution in [0.1, 0.15) is 20.8 Å². The molecular formula is C19H23N3O. The van der Waals surface area contributed by atoms with Gasteiger partial charge in [-0.1, -0.05) is 18.2 Å². The number of nitrogens with zero attached hydrogens (tertiary/aromatic N) is 2. The number of hydrogen-bond acceptors (Lipinski definition) is 1. The molecule has 0 aliphatic heterocycles. The van der Waals surface area contributed by atoms with Crippen molar-refractivity contribution >= 4 is 33.5 Å². The number of carbonyl (C=O) groups excluding carboxylic acids is 1. The minimum absolute atomic E-state index is 0.0476. The summed E-state index contributed by atoms with van der Waals surface area (Å²) in [4.78, 5) is 14.0. The molecule has 0 radical (unpaired) electrons. The van der Waals surface area contributed by atoms with Gasteiger partial charge in [0.2, 0.25) is 0 Å². The van der Waals surface area contributed by atoms with Crippen LogP contribution in [0.3, 0.4) is 0 Å². The fourth-order valence-electron chi connectivity index (χ4n) is 3.19. The van der Waals surface area contributed by atoms with Gasteiger partial charge in [-0.05, 0) is 45.0 Å². The molecule has 0 spiro atoms. The van der Waals surface area contributed by atoms with Crippen LogP contribution in [-0.2, 0) is 6.54 Å². The maximum atomic E-state index is 12.2. The highest BCUT2D eigenvalue weighted by Gasteiger charge is 2.12. The molecule has 0 aliphatic carbocycles. The molecule has 120 valence electrons. The van der Waals surface area contributed by atoms with E-state index < -0.39 is 0 Å². The van der Waals surface area contributed by atoms with E-state index in [1.165, 1.54) is 21.8 Å². The Morgan fingerprint density at radius 3 is 2.39 bits per heavy atom. The van der Waals surface area contributed by atoms with Crippen molar-refractivity contribution in [3.8, 4) is 0 Å². The third-order valence-corrected chi connectivity index (χ3v) is 4.39. The zero-order chi connectivity index (χ0) is 16.4. The van der Waals surface area contributed by atoms with Crippen LogP contribution < -0.4 is 5.32 Å². The molecule has 2 aromatic carbocycles. The molecular weight excluding hydrogens is 286 g/mol. The quantitative estimate of drug-likeness (QED) is 0.746. The van der Waals surface area contributed by atoms with Crippen molar-refractivity contribution < 1.29 is 4.79 Å². The summed E-state index contributed by atoms with van der Waals surface area (Å²) in [7, 11) is 0. The van der Waals surface area contributed by atoms with Crippen LogP contribution in [0, 0.1) is 0 Å². The molecule has 4 nitrogen and oxygen atoms in total. The van der Waals surface area contributed by atoms with Gasteiger partial charge < -0.3 is 14.8 Å². The molecule has 0 saturated carbocycles. The van der Waals surface area contributed by atoms with Crippen molar-refractivity contribution in [1.29, 1.82) is 0 Å². The SMILES string of the molecule is CCN(CC)C(=O)Nc1ccc2c(c1)c1ccccc1n2CC. The summed E-state index contributed by atoms with van der Waals surface area (Å²) in [5.41, 5.74) is 3.28. The third kappa shape index (κ3) is 2.65. The fourth-order valence-corrected chi connectivity index (χ4v) is 3.19. The topological polar surface area (TPSA) is 37.3 Å².